The van der Waals surface area contributed by atoms with Crippen molar-refractivity contribution in [3.8, 4) is 0 Å². The van der Waals surface area contributed by atoms with Crippen LogP contribution in [0.2, 0.25) is 0 Å². The number of fused-ring (bicyclic) bond motifs is 1. The number of oxime groups is 1. The predicted molar refractivity (Wildman–Crippen MR) is 81.8 cm³/mol. The van der Waals surface area contributed by atoms with E-state index in [1.807, 2.05) is 41.8 Å². The summed E-state index contributed by atoms with van der Waals surface area (Å²) in [5.41, 5.74) is 1.34. The van der Waals surface area contributed by atoms with E-state index in [4.69, 9.17) is 9.25 Å². The van der Waals surface area contributed by atoms with Crippen LogP contribution in [0, 0.1) is 0 Å². The Labute approximate surface area is 124 Å². The van der Waals surface area contributed by atoms with Crippen LogP contribution in [0.5, 0.6) is 0 Å². The molecule has 2 aromatic heterocycles. The summed E-state index contributed by atoms with van der Waals surface area (Å²) < 4.78 is 5.34. The summed E-state index contributed by atoms with van der Waals surface area (Å²) in [7, 11) is 0. The van der Waals surface area contributed by atoms with Crippen LogP contribution in [-0.2, 0) is 4.84 Å². The first kappa shape index (κ1) is 12.3. The molecule has 0 unspecified atom stereocenters. The van der Waals surface area contributed by atoms with Crippen LogP contribution in [0.15, 0.2) is 62.2 Å². The maximum absolute atomic E-state index is 12.1. The highest BCUT2D eigenvalue weighted by molar-refractivity contribution is 7.10. The molecule has 21 heavy (non-hydrogen) atoms. The third-order valence-electron chi connectivity index (χ3n) is 3.48. The van der Waals surface area contributed by atoms with Gasteiger partial charge in [-0.2, -0.15) is 0 Å². The van der Waals surface area contributed by atoms with Crippen molar-refractivity contribution in [3.63, 3.8) is 0 Å². The second-order valence-electron chi connectivity index (χ2n) is 4.84. The normalized spacial score (nSPS) is 17.7. The fourth-order valence-corrected chi connectivity index (χ4v) is 3.18. The summed E-state index contributed by atoms with van der Waals surface area (Å²) >= 11 is 1.62. The first-order chi connectivity index (χ1) is 10.3. The maximum atomic E-state index is 12.1. The molecule has 3 aromatic rings. The van der Waals surface area contributed by atoms with Crippen LogP contribution in [0.3, 0.4) is 0 Å². The number of thiophene rings is 1. The molecule has 0 spiro atoms. The van der Waals surface area contributed by atoms with E-state index in [-0.39, 0.29) is 11.7 Å². The number of hydrogen-bond acceptors (Lipinski definition) is 5. The first-order valence-electron chi connectivity index (χ1n) is 6.60. The summed E-state index contributed by atoms with van der Waals surface area (Å²) in [6, 6.07) is 13.3. The van der Waals surface area contributed by atoms with Crippen LogP contribution in [0.1, 0.15) is 23.0 Å². The zero-order chi connectivity index (χ0) is 14.2. The largest absolute Gasteiger partial charge is 0.422 e. The van der Waals surface area contributed by atoms with Gasteiger partial charge in [-0.15, -0.1) is 11.3 Å². The van der Waals surface area contributed by atoms with Gasteiger partial charge in [-0.25, -0.2) is 4.79 Å². The second kappa shape index (κ2) is 4.86. The van der Waals surface area contributed by atoms with Gasteiger partial charge in [0.15, 0.2) is 6.10 Å². The molecule has 1 atom stereocenters. The van der Waals surface area contributed by atoms with Crippen molar-refractivity contribution in [2.75, 3.05) is 0 Å². The van der Waals surface area contributed by atoms with Gasteiger partial charge in [-0.1, -0.05) is 29.4 Å². The molecule has 104 valence electrons. The molecule has 0 saturated heterocycles. The van der Waals surface area contributed by atoms with Gasteiger partial charge >= 0.3 is 5.63 Å². The van der Waals surface area contributed by atoms with Crippen LogP contribution in [0.4, 0.5) is 0 Å². The monoisotopic (exact) mass is 297 g/mol. The highest BCUT2D eigenvalue weighted by Crippen LogP contribution is 2.31. The van der Waals surface area contributed by atoms with E-state index in [1.54, 1.807) is 17.4 Å². The molecule has 3 heterocycles. The molecular formula is C16H11NO3S. The Hall–Kier alpha value is -2.40. The van der Waals surface area contributed by atoms with Gasteiger partial charge in [-0.05, 0) is 23.6 Å². The van der Waals surface area contributed by atoms with E-state index < -0.39 is 0 Å². The summed E-state index contributed by atoms with van der Waals surface area (Å²) in [5.74, 6) is 0. The highest BCUT2D eigenvalue weighted by Gasteiger charge is 2.26. The Morgan fingerprint density at radius 1 is 1.19 bits per heavy atom. The molecule has 5 heteroatoms. The number of para-hydroxylation sites is 1. The van der Waals surface area contributed by atoms with Crippen molar-refractivity contribution in [1.29, 1.82) is 0 Å². The van der Waals surface area contributed by atoms with Crippen molar-refractivity contribution in [1.82, 2.24) is 0 Å². The van der Waals surface area contributed by atoms with Crippen molar-refractivity contribution in [2.45, 2.75) is 12.5 Å². The lowest BCUT2D eigenvalue weighted by atomic mass is 10.0. The van der Waals surface area contributed by atoms with Crippen molar-refractivity contribution < 1.29 is 9.25 Å². The summed E-state index contributed by atoms with van der Waals surface area (Å²) in [6.45, 7) is 0. The van der Waals surface area contributed by atoms with E-state index in [1.165, 1.54) is 0 Å². The molecule has 0 radical (unpaired) electrons. The maximum Gasteiger partial charge on any atom is 0.345 e. The molecule has 0 amide bonds. The lowest BCUT2D eigenvalue weighted by molar-refractivity contribution is 0.0883. The van der Waals surface area contributed by atoms with Crippen molar-refractivity contribution in [3.05, 3.63) is 68.7 Å². The fraction of sp³-hybridized carbons (Fsp3) is 0.125. The Morgan fingerprint density at radius 3 is 2.95 bits per heavy atom. The van der Waals surface area contributed by atoms with Gasteiger partial charge in [0.2, 0.25) is 0 Å². The lowest BCUT2D eigenvalue weighted by Crippen LogP contribution is -2.13. The molecule has 1 aliphatic heterocycles. The molecule has 0 N–H and O–H groups in total. The number of rotatable bonds is 2. The SMILES string of the molecule is O=c1oc2ccccc2cc1C1=NO[C@@H](c2cccs2)C1. The third kappa shape index (κ3) is 2.15. The summed E-state index contributed by atoms with van der Waals surface area (Å²) in [6.07, 6.45) is 0.481. The van der Waals surface area contributed by atoms with Gasteiger partial charge in [0.25, 0.3) is 0 Å². The minimum absolute atomic E-state index is 0.106. The molecule has 4 rings (SSSR count). The topological polar surface area (TPSA) is 51.8 Å². The quantitative estimate of drug-likeness (QED) is 0.677. The van der Waals surface area contributed by atoms with E-state index >= 15 is 0 Å². The smallest absolute Gasteiger partial charge is 0.345 e. The molecule has 1 aliphatic rings. The van der Waals surface area contributed by atoms with Gasteiger partial charge in [-0.3, -0.25) is 0 Å². The highest BCUT2D eigenvalue weighted by atomic mass is 32.1. The Balaban J connectivity index is 1.71. The molecule has 0 aliphatic carbocycles. The van der Waals surface area contributed by atoms with Gasteiger partial charge in [0.1, 0.15) is 5.58 Å². The molecule has 0 bridgehead atoms. The van der Waals surface area contributed by atoms with E-state index in [2.05, 4.69) is 5.16 Å². The Morgan fingerprint density at radius 2 is 2.10 bits per heavy atom. The Kier molecular flexibility index (Phi) is 2.86. The average Bonchev–Trinajstić information content (AvgIpc) is 3.17. The minimum Gasteiger partial charge on any atom is -0.422 e. The second-order valence-corrected chi connectivity index (χ2v) is 5.82. The molecular weight excluding hydrogens is 286 g/mol. The average molecular weight is 297 g/mol. The molecule has 0 saturated carbocycles. The van der Waals surface area contributed by atoms with Crippen LogP contribution in [0.25, 0.3) is 11.0 Å². The zero-order valence-electron chi connectivity index (χ0n) is 11.0. The fourth-order valence-electron chi connectivity index (χ4n) is 2.43. The standard InChI is InChI=1S/C16H11NO3S/c18-16-11(8-10-4-1-2-5-13(10)19-16)12-9-14(20-17-12)15-6-3-7-21-15/h1-8,14H,9H2/t14-/m1/s1. The van der Waals surface area contributed by atoms with Gasteiger partial charge in [0.05, 0.1) is 11.3 Å². The Bertz CT molecular complexity index is 880. The first-order valence-corrected chi connectivity index (χ1v) is 7.48. The lowest BCUT2D eigenvalue weighted by Gasteiger charge is -2.04. The predicted octanol–water partition coefficient (Wildman–Crippen LogP) is 3.72. The number of hydrogen-bond donors (Lipinski definition) is 0. The van der Waals surface area contributed by atoms with Crippen LogP contribution >= 0.6 is 11.3 Å². The van der Waals surface area contributed by atoms with Crippen molar-refractivity contribution in [2.24, 2.45) is 5.16 Å². The van der Waals surface area contributed by atoms with Crippen LogP contribution < -0.4 is 5.63 Å². The summed E-state index contributed by atoms with van der Waals surface area (Å²) in [5, 5.41) is 6.96. The van der Waals surface area contributed by atoms with Crippen molar-refractivity contribution >= 4 is 28.0 Å². The van der Waals surface area contributed by atoms with Gasteiger partial charge in [0, 0.05) is 16.7 Å². The number of benzene rings is 1. The van der Waals surface area contributed by atoms with Gasteiger partial charge < -0.3 is 9.25 Å². The number of nitrogens with zero attached hydrogens (tertiary/aromatic N) is 1. The third-order valence-corrected chi connectivity index (χ3v) is 4.45. The van der Waals surface area contributed by atoms with E-state index in [0.29, 0.717) is 23.3 Å². The zero-order valence-corrected chi connectivity index (χ0v) is 11.8. The molecule has 1 aromatic carbocycles. The van der Waals surface area contributed by atoms with E-state index in [9.17, 15) is 4.79 Å². The minimum atomic E-state index is -0.372. The van der Waals surface area contributed by atoms with E-state index in [0.717, 1.165) is 10.3 Å². The van der Waals surface area contributed by atoms with Crippen LogP contribution in [-0.4, -0.2) is 5.71 Å². The summed E-state index contributed by atoms with van der Waals surface area (Å²) in [4.78, 5) is 18.7. The molecule has 4 nitrogen and oxygen atoms in total. The molecule has 0 fully saturated rings.